The number of nitrogens with zero attached hydrogens (tertiary/aromatic N) is 4. The Morgan fingerprint density at radius 3 is 2.58 bits per heavy atom. The molecular formula is C19H28N4O3. The van der Waals surface area contributed by atoms with Crippen molar-refractivity contribution in [2.75, 3.05) is 33.4 Å². The van der Waals surface area contributed by atoms with Crippen LogP contribution in [0.15, 0.2) is 24.4 Å². The van der Waals surface area contributed by atoms with Gasteiger partial charge in [0.2, 0.25) is 0 Å². The fraction of sp³-hybridized carbons (Fsp3) is 0.632. The lowest BCUT2D eigenvalue weighted by molar-refractivity contribution is -0.136. The van der Waals surface area contributed by atoms with Crippen molar-refractivity contribution in [2.24, 2.45) is 0 Å². The number of aromatic nitrogens is 1. The number of carbonyl (C=O) groups is 2. The average Bonchev–Trinajstić information content (AvgIpc) is 2.84. The van der Waals surface area contributed by atoms with Crippen LogP contribution >= 0.6 is 0 Å². The number of hydrogen-bond donors (Lipinski definition) is 0. The van der Waals surface area contributed by atoms with E-state index in [9.17, 15) is 9.59 Å². The monoisotopic (exact) mass is 360 g/mol. The van der Waals surface area contributed by atoms with Crippen molar-refractivity contribution in [2.45, 2.75) is 44.8 Å². The molecule has 3 heterocycles. The number of methoxy groups -OCH3 is 1. The van der Waals surface area contributed by atoms with Crippen molar-refractivity contribution < 1.29 is 14.3 Å². The van der Waals surface area contributed by atoms with E-state index in [4.69, 9.17) is 4.74 Å². The molecule has 2 aliphatic heterocycles. The molecule has 2 fully saturated rings. The zero-order valence-corrected chi connectivity index (χ0v) is 15.9. The number of piperidine rings is 1. The van der Waals surface area contributed by atoms with Crippen molar-refractivity contribution >= 4 is 11.9 Å². The number of likely N-dealkylation sites (N-methyl/N-ethyl adjacent to an activating group) is 1. The van der Waals surface area contributed by atoms with Gasteiger partial charge in [-0.2, -0.15) is 0 Å². The minimum atomic E-state index is -0.704. The van der Waals surface area contributed by atoms with Crippen LogP contribution in [-0.2, 0) is 16.1 Å². The largest absolute Gasteiger partial charge is 0.383 e. The number of urea groups is 1. The molecule has 1 aromatic rings. The molecule has 0 bridgehead atoms. The maximum Gasteiger partial charge on any atom is 0.328 e. The molecule has 0 N–H and O–H groups in total. The Hall–Kier alpha value is -1.99. The summed E-state index contributed by atoms with van der Waals surface area (Å²) in [6.07, 6.45) is 3.01. The van der Waals surface area contributed by atoms with Crippen molar-refractivity contribution in [3.63, 3.8) is 0 Å². The van der Waals surface area contributed by atoms with E-state index in [1.54, 1.807) is 18.2 Å². The summed E-state index contributed by atoms with van der Waals surface area (Å²) < 4.78 is 5.25. The highest BCUT2D eigenvalue weighted by Crippen LogP contribution is 2.38. The Morgan fingerprint density at radius 2 is 2.00 bits per heavy atom. The lowest BCUT2D eigenvalue weighted by atomic mass is 9.85. The zero-order chi connectivity index (χ0) is 18.7. The van der Waals surface area contributed by atoms with Crippen LogP contribution in [0.4, 0.5) is 4.79 Å². The van der Waals surface area contributed by atoms with Gasteiger partial charge in [-0.3, -0.25) is 19.6 Å². The van der Waals surface area contributed by atoms with Crippen LogP contribution in [0.3, 0.4) is 0 Å². The first-order valence-electron chi connectivity index (χ1n) is 9.30. The van der Waals surface area contributed by atoms with Crippen LogP contribution in [0.1, 0.15) is 32.4 Å². The molecular weight excluding hydrogens is 332 g/mol. The third-order valence-corrected chi connectivity index (χ3v) is 5.64. The van der Waals surface area contributed by atoms with Crippen molar-refractivity contribution in [3.05, 3.63) is 30.1 Å². The van der Waals surface area contributed by atoms with Gasteiger partial charge in [0.25, 0.3) is 5.91 Å². The van der Waals surface area contributed by atoms with Crippen LogP contribution in [-0.4, -0.2) is 76.6 Å². The Bertz CT molecular complexity index is 643. The van der Waals surface area contributed by atoms with Crippen molar-refractivity contribution in [1.82, 2.24) is 19.7 Å². The van der Waals surface area contributed by atoms with Gasteiger partial charge in [-0.15, -0.1) is 0 Å². The second-order valence-corrected chi connectivity index (χ2v) is 7.11. The van der Waals surface area contributed by atoms with E-state index < -0.39 is 5.54 Å². The summed E-state index contributed by atoms with van der Waals surface area (Å²) in [4.78, 5) is 35.9. The van der Waals surface area contributed by atoms with Crippen LogP contribution in [0.5, 0.6) is 0 Å². The van der Waals surface area contributed by atoms with Crippen LogP contribution in [0.2, 0.25) is 0 Å². The highest BCUT2D eigenvalue weighted by Gasteiger charge is 2.57. The van der Waals surface area contributed by atoms with Gasteiger partial charge in [0.15, 0.2) is 0 Å². The summed E-state index contributed by atoms with van der Waals surface area (Å²) in [6, 6.07) is 5.66. The molecule has 142 valence electrons. The number of carbonyl (C=O) groups excluding carboxylic acids is 2. The first kappa shape index (κ1) is 18.8. The Balaban J connectivity index is 1.77. The van der Waals surface area contributed by atoms with Crippen LogP contribution < -0.4 is 0 Å². The Labute approximate surface area is 154 Å². The normalized spacial score (nSPS) is 21.7. The first-order chi connectivity index (χ1) is 12.5. The van der Waals surface area contributed by atoms with Gasteiger partial charge < -0.3 is 9.64 Å². The molecule has 7 heteroatoms. The smallest absolute Gasteiger partial charge is 0.328 e. The molecule has 3 rings (SSSR count). The number of amides is 3. The molecule has 1 unspecified atom stereocenters. The number of hydrogen-bond acceptors (Lipinski definition) is 5. The fourth-order valence-electron chi connectivity index (χ4n) is 4.18. The molecule has 0 radical (unpaired) electrons. The fourth-order valence-corrected chi connectivity index (χ4v) is 4.18. The molecule has 2 aliphatic rings. The van der Waals surface area contributed by atoms with Gasteiger partial charge in [-0.25, -0.2) is 4.79 Å². The lowest BCUT2D eigenvalue weighted by Crippen LogP contribution is -2.58. The van der Waals surface area contributed by atoms with Crippen molar-refractivity contribution in [3.8, 4) is 0 Å². The summed E-state index contributed by atoms with van der Waals surface area (Å²) in [5, 5.41) is 0. The van der Waals surface area contributed by atoms with Crippen LogP contribution in [0.25, 0.3) is 0 Å². The maximum atomic E-state index is 13.3. The molecule has 0 saturated carbocycles. The third-order valence-electron chi connectivity index (χ3n) is 5.64. The second kappa shape index (κ2) is 7.72. The average molecular weight is 360 g/mol. The Kier molecular flexibility index (Phi) is 5.58. The summed E-state index contributed by atoms with van der Waals surface area (Å²) in [5.74, 6) is -0.0750. The van der Waals surface area contributed by atoms with E-state index >= 15 is 0 Å². The quantitative estimate of drug-likeness (QED) is 0.723. The van der Waals surface area contributed by atoms with E-state index in [0.717, 1.165) is 18.8 Å². The standard InChI is InChI=1S/C19H28N4O3/c1-4-23-18(25)22(13-16-7-5-6-10-20-16)17(24)19(23)8-11-21(12-9-19)15(2)14-26-3/h5-7,10,15H,4,8-9,11-14H2,1-3H3. The molecule has 0 aromatic carbocycles. The SMILES string of the molecule is CCN1C(=O)N(Cc2ccccn2)C(=O)C12CCN(C(C)COC)CC2. The molecule has 1 spiro atoms. The number of pyridine rings is 1. The Morgan fingerprint density at radius 1 is 1.27 bits per heavy atom. The van der Waals surface area contributed by atoms with Gasteiger partial charge in [0, 0.05) is 39.0 Å². The molecule has 2 saturated heterocycles. The summed E-state index contributed by atoms with van der Waals surface area (Å²) >= 11 is 0. The third kappa shape index (κ3) is 3.21. The minimum absolute atomic E-state index is 0.0750. The molecule has 3 amide bonds. The number of likely N-dealkylation sites (tertiary alicyclic amines) is 1. The van der Waals surface area contributed by atoms with Gasteiger partial charge in [0.05, 0.1) is 18.8 Å². The molecule has 0 aliphatic carbocycles. The van der Waals surface area contributed by atoms with Gasteiger partial charge in [0.1, 0.15) is 5.54 Å². The summed E-state index contributed by atoms with van der Waals surface area (Å²) in [7, 11) is 1.70. The number of ether oxygens (including phenoxy) is 1. The summed E-state index contributed by atoms with van der Waals surface area (Å²) in [5.41, 5.74) is 0.0256. The van der Waals surface area contributed by atoms with Crippen LogP contribution in [0, 0.1) is 0 Å². The minimum Gasteiger partial charge on any atom is -0.383 e. The van der Waals surface area contributed by atoms with E-state index in [0.29, 0.717) is 32.0 Å². The highest BCUT2D eigenvalue weighted by molar-refractivity contribution is 6.07. The lowest BCUT2D eigenvalue weighted by Gasteiger charge is -2.43. The predicted molar refractivity (Wildman–Crippen MR) is 97.4 cm³/mol. The van der Waals surface area contributed by atoms with Crippen molar-refractivity contribution in [1.29, 1.82) is 0 Å². The first-order valence-corrected chi connectivity index (χ1v) is 9.30. The second-order valence-electron chi connectivity index (χ2n) is 7.11. The number of rotatable bonds is 6. The summed E-state index contributed by atoms with van der Waals surface area (Å²) in [6.45, 7) is 7.10. The van der Waals surface area contributed by atoms with E-state index in [1.807, 2.05) is 25.1 Å². The van der Waals surface area contributed by atoms with Gasteiger partial charge in [-0.05, 0) is 38.8 Å². The molecule has 26 heavy (non-hydrogen) atoms. The van der Waals surface area contributed by atoms with Gasteiger partial charge in [-0.1, -0.05) is 6.07 Å². The number of imide groups is 1. The highest BCUT2D eigenvalue weighted by atomic mass is 16.5. The van der Waals surface area contributed by atoms with E-state index in [1.165, 1.54) is 4.90 Å². The van der Waals surface area contributed by atoms with E-state index in [2.05, 4.69) is 16.8 Å². The topological polar surface area (TPSA) is 66.0 Å². The molecule has 7 nitrogen and oxygen atoms in total. The molecule has 1 aromatic heterocycles. The zero-order valence-electron chi connectivity index (χ0n) is 15.9. The van der Waals surface area contributed by atoms with Gasteiger partial charge >= 0.3 is 6.03 Å². The van der Waals surface area contributed by atoms with E-state index in [-0.39, 0.29) is 18.5 Å². The molecule has 1 atom stereocenters. The maximum absolute atomic E-state index is 13.3. The predicted octanol–water partition coefficient (Wildman–Crippen LogP) is 1.74.